The molecule has 0 atom stereocenters. The van der Waals surface area contributed by atoms with Crippen molar-refractivity contribution in [1.29, 1.82) is 0 Å². The lowest BCUT2D eigenvalue weighted by molar-refractivity contribution is 0.668. The average molecular weight is 1580 g/mol. The highest BCUT2D eigenvalue weighted by molar-refractivity contribution is 6.17. The summed E-state index contributed by atoms with van der Waals surface area (Å²) >= 11 is 0. The third-order valence-electron chi connectivity index (χ3n) is 25.4. The maximum atomic E-state index is 6.45. The Morgan fingerprint density at radius 2 is 0.341 bits per heavy atom. The van der Waals surface area contributed by atoms with Gasteiger partial charge in [0.15, 0.2) is 0 Å². The molecule has 28 rings (SSSR count). The second-order valence-corrected chi connectivity index (χ2v) is 32.1. The number of aromatic nitrogens is 8. The molecule has 0 saturated carbocycles. The van der Waals surface area contributed by atoms with Gasteiger partial charge >= 0.3 is 0 Å². The van der Waals surface area contributed by atoms with E-state index in [1.165, 1.54) is 43.6 Å². The van der Waals surface area contributed by atoms with Crippen molar-refractivity contribution in [3.8, 4) is 67.3 Å². The summed E-state index contributed by atoms with van der Waals surface area (Å²) in [6, 6.07) is 116. The smallest absolute Gasteiger partial charge is 0.135 e. The molecule has 0 spiro atoms. The summed E-state index contributed by atoms with van der Waals surface area (Å²) in [4.78, 5) is 17.6. The Morgan fingerprint density at radius 3 is 0.577 bits per heavy atom. The molecular formula is C110H62N8O5. The van der Waals surface area contributed by atoms with E-state index in [2.05, 4.69) is 366 Å². The summed E-state index contributed by atoms with van der Waals surface area (Å²) in [6.45, 7) is 0. The highest BCUT2D eigenvalue weighted by atomic mass is 16.3. The first-order chi connectivity index (χ1) is 60.9. The fourth-order valence-corrected chi connectivity index (χ4v) is 19.7. The van der Waals surface area contributed by atoms with Gasteiger partial charge in [-0.25, -0.2) is 0 Å². The zero-order chi connectivity index (χ0) is 80.2. The van der Waals surface area contributed by atoms with Crippen LogP contribution in [0.15, 0.2) is 399 Å². The largest absolute Gasteiger partial charge is 0.456 e. The quantitative estimate of drug-likeness (QED) is 0.146. The van der Waals surface area contributed by atoms with E-state index in [0.29, 0.717) is 0 Å². The first kappa shape index (κ1) is 67.2. The van der Waals surface area contributed by atoms with Crippen molar-refractivity contribution in [1.82, 2.24) is 38.2 Å². The van der Waals surface area contributed by atoms with Gasteiger partial charge in [0, 0.05) is 169 Å². The molecule has 0 N–H and O–H groups in total. The van der Waals surface area contributed by atoms with Crippen LogP contribution in [0, 0.1) is 0 Å². The van der Waals surface area contributed by atoms with E-state index >= 15 is 0 Å². The predicted octanol–water partition coefficient (Wildman–Crippen LogP) is 29.5. The lowest BCUT2D eigenvalue weighted by Crippen LogP contribution is -1.93. The molecule has 13 heterocycles. The molecule has 0 radical (unpaired) electrons. The summed E-state index contributed by atoms with van der Waals surface area (Å²) in [7, 11) is 0. The Balaban J connectivity index is 0.000000130. The second kappa shape index (κ2) is 25.8. The monoisotopic (exact) mass is 1570 g/mol. The van der Waals surface area contributed by atoms with Crippen LogP contribution in [0.3, 0.4) is 0 Å². The summed E-state index contributed by atoms with van der Waals surface area (Å²) in [5, 5.41) is 20.1. The summed E-state index contributed by atoms with van der Waals surface area (Å²) in [5.74, 6) is 0. The summed E-state index contributed by atoms with van der Waals surface area (Å²) < 4.78 is 41.3. The van der Waals surface area contributed by atoms with Crippen molar-refractivity contribution in [2.24, 2.45) is 0 Å². The molecule has 0 aliphatic carbocycles. The Bertz CT molecular complexity index is 8660. The molecule has 0 fully saturated rings. The van der Waals surface area contributed by atoms with Gasteiger partial charge in [0.25, 0.3) is 0 Å². The number of hydrogen-bond donors (Lipinski definition) is 0. The zero-order valence-corrected chi connectivity index (χ0v) is 65.4. The Labute approximate surface area is 697 Å². The van der Waals surface area contributed by atoms with E-state index in [-0.39, 0.29) is 0 Å². The lowest BCUT2D eigenvalue weighted by Gasteiger charge is -2.08. The number of furan rings is 5. The minimum Gasteiger partial charge on any atom is -0.456 e. The molecule has 0 bridgehead atoms. The van der Waals surface area contributed by atoms with Crippen LogP contribution in [0.2, 0.25) is 0 Å². The fraction of sp³-hybridized carbons (Fsp3) is 0. The molecule has 28 aromatic rings. The molecule has 0 unspecified atom stereocenters. The molecule has 0 aliphatic heterocycles. The summed E-state index contributed by atoms with van der Waals surface area (Å²) in [6.07, 6.45) is 15.0. The molecule has 13 aromatic heterocycles. The van der Waals surface area contributed by atoms with Crippen LogP contribution in [0.1, 0.15) is 0 Å². The number of hydrogen-bond acceptors (Lipinski definition) is 9. The normalized spacial score (nSPS) is 12.2. The minimum atomic E-state index is 0.852. The average Bonchev–Trinajstić information content (AvgIpc) is 1.60. The van der Waals surface area contributed by atoms with Crippen LogP contribution in [-0.2, 0) is 0 Å². The SMILES string of the molecule is c1cc(-c2ccc3oc4ccc(-n5c6ccncc6c6cnccc65)cc4c3c2)cc(-c2ccc3oc4ccc(-n5c6ccncc6c6cnccc65)cc4c3c2)c1.c1ccc2c(c1)c1ccccc1n2-c1ccc2oc3ccc(-c4ccc5oc6ccc(-c7ccc8oc9ccc(-n%10c%11ccccc%11c%11ccccc%11%10)cc9c8c7)cc6c5c4)cc3c2c1. The van der Waals surface area contributed by atoms with Gasteiger partial charge in [0.1, 0.15) is 55.8 Å². The molecule has 0 amide bonds. The van der Waals surface area contributed by atoms with Crippen LogP contribution in [0.5, 0.6) is 0 Å². The highest BCUT2D eigenvalue weighted by Crippen LogP contribution is 2.46. The maximum Gasteiger partial charge on any atom is 0.135 e. The third kappa shape index (κ3) is 10.2. The Morgan fingerprint density at radius 1 is 0.146 bits per heavy atom. The maximum absolute atomic E-state index is 6.45. The van der Waals surface area contributed by atoms with Crippen molar-refractivity contribution < 1.29 is 22.1 Å². The number of fused-ring (bicyclic) bond motifs is 27. The number of nitrogens with zero attached hydrogens (tertiary/aromatic N) is 8. The molecule has 15 aromatic carbocycles. The third-order valence-corrected chi connectivity index (χ3v) is 25.4. The fourth-order valence-electron chi connectivity index (χ4n) is 19.7. The van der Waals surface area contributed by atoms with Gasteiger partial charge in [0.2, 0.25) is 0 Å². The lowest BCUT2D eigenvalue weighted by atomic mass is 9.97. The van der Waals surface area contributed by atoms with Crippen molar-refractivity contribution in [2.45, 2.75) is 0 Å². The van der Waals surface area contributed by atoms with Crippen LogP contribution < -0.4 is 0 Å². The van der Waals surface area contributed by atoms with Crippen LogP contribution in [-0.4, -0.2) is 38.2 Å². The van der Waals surface area contributed by atoms with Gasteiger partial charge < -0.3 is 40.4 Å². The van der Waals surface area contributed by atoms with Gasteiger partial charge in [-0.15, -0.1) is 0 Å². The number of pyridine rings is 4. The van der Waals surface area contributed by atoms with E-state index in [0.717, 1.165) is 221 Å². The van der Waals surface area contributed by atoms with E-state index in [1.807, 2.05) is 49.6 Å². The number of para-hydroxylation sites is 4. The van der Waals surface area contributed by atoms with Crippen molar-refractivity contribution >= 4 is 197 Å². The van der Waals surface area contributed by atoms with E-state index in [4.69, 9.17) is 22.1 Å². The molecule has 123 heavy (non-hydrogen) atoms. The van der Waals surface area contributed by atoms with E-state index < -0.39 is 0 Å². The van der Waals surface area contributed by atoms with Gasteiger partial charge in [-0.3, -0.25) is 19.9 Å². The topological polar surface area (TPSA) is 137 Å². The standard InChI is InChI=1S/C60H34N2O3.C50H28N6O2/c1-5-13-51-41(9-1)42-10-2-6-14-52(42)61(51)39-21-27-59-49(33-39)47-31-37(19-25-57(47)64-59)35-17-23-55-45(29-35)46-30-36(18-24-56(46)63-55)38-20-26-58-48(32-38)50-34-40(22-28-60(50)65-58)62-53-15-7-3-11-43(53)44-12-4-8-16-54(44)62;1-2-29(31-4-8-47-35(21-31)37-23-33(6-10-49(37)57-47)55-43-12-16-51-25-39(43)40-26-52-17-13-44(40)55)20-30(3-1)32-5-9-48-36(22-32)38-24-34(7-11-50(38)58-48)56-45-14-18-53-27-41(45)42-28-54-19-15-46(42)56/h1-34H;1-28H. The van der Waals surface area contributed by atoms with Crippen molar-refractivity contribution in [3.05, 3.63) is 377 Å². The van der Waals surface area contributed by atoms with Gasteiger partial charge in [0.05, 0.1) is 44.1 Å². The Kier molecular flexibility index (Phi) is 14.1. The predicted molar refractivity (Wildman–Crippen MR) is 500 cm³/mol. The van der Waals surface area contributed by atoms with Crippen LogP contribution in [0.4, 0.5) is 0 Å². The molecular weight excluding hydrogens is 1510 g/mol. The molecule has 572 valence electrons. The Hall–Kier alpha value is -16.9. The molecule has 13 heteroatoms. The second-order valence-electron chi connectivity index (χ2n) is 32.1. The first-order valence-corrected chi connectivity index (χ1v) is 41.2. The van der Waals surface area contributed by atoms with Crippen LogP contribution in [0.25, 0.3) is 264 Å². The highest BCUT2D eigenvalue weighted by Gasteiger charge is 2.23. The molecule has 0 aliphatic rings. The van der Waals surface area contributed by atoms with Crippen molar-refractivity contribution in [2.75, 3.05) is 0 Å². The number of benzene rings is 15. The van der Waals surface area contributed by atoms with E-state index in [1.54, 1.807) is 0 Å². The van der Waals surface area contributed by atoms with Crippen molar-refractivity contribution in [3.63, 3.8) is 0 Å². The minimum absolute atomic E-state index is 0.852. The molecule has 0 saturated heterocycles. The number of rotatable bonds is 8. The van der Waals surface area contributed by atoms with E-state index in [9.17, 15) is 0 Å². The van der Waals surface area contributed by atoms with Gasteiger partial charge in [-0.1, -0.05) is 127 Å². The summed E-state index contributed by atoms with van der Waals surface area (Å²) in [5.41, 5.74) is 31.0. The van der Waals surface area contributed by atoms with Gasteiger partial charge in [-0.05, 0) is 245 Å². The van der Waals surface area contributed by atoms with Crippen LogP contribution >= 0.6 is 0 Å². The van der Waals surface area contributed by atoms with Gasteiger partial charge in [-0.2, -0.15) is 0 Å². The first-order valence-electron chi connectivity index (χ1n) is 41.2. The zero-order valence-electron chi connectivity index (χ0n) is 65.4. The molecule has 13 nitrogen and oxygen atoms in total.